The van der Waals surface area contributed by atoms with Crippen LogP contribution in [0.2, 0.25) is 0 Å². The monoisotopic (exact) mass is 298 g/mol. The van der Waals surface area contributed by atoms with E-state index in [2.05, 4.69) is 55.3 Å². The van der Waals surface area contributed by atoms with E-state index in [4.69, 9.17) is 6.42 Å². The average Bonchev–Trinajstić information content (AvgIpc) is 2.60. The van der Waals surface area contributed by atoms with E-state index in [-0.39, 0.29) is 11.8 Å². The maximum absolute atomic E-state index is 10.5. The van der Waals surface area contributed by atoms with Gasteiger partial charge in [-0.1, -0.05) is 55.3 Å². The molecule has 2 atom stereocenters. The average molecular weight is 298 g/mol. The van der Waals surface area contributed by atoms with Gasteiger partial charge in [-0.05, 0) is 40.8 Å². The van der Waals surface area contributed by atoms with Crippen LogP contribution in [0.15, 0.2) is 60.2 Å². The second-order valence-electron chi connectivity index (χ2n) is 6.12. The second kappa shape index (κ2) is 5.18. The zero-order chi connectivity index (χ0) is 16.0. The zero-order valence-electron chi connectivity index (χ0n) is 13.1. The Bertz CT molecular complexity index is 893. The normalized spacial score (nSPS) is 20.8. The van der Waals surface area contributed by atoms with Gasteiger partial charge < -0.3 is 5.11 Å². The minimum absolute atomic E-state index is 0.0796. The molecule has 0 saturated carbocycles. The van der Waals surface area contributed by atoms with Crippen LogP contribution in [0.3, 0.4) is 0 Å². The fraction of sp³-hybridized carbons (Fsp3) is 0.182. The van der Waals surface area contributed by atoms with Crippen molar-refractivity contribution in [3.8, 4) is 18.1 Å². The first-order valence-corrected chi connectivity index (χ1v) is 8.05. The lowest BCUT2D eigenvalue weighted by Gasteiger charge is -2.40. The van der Waals surface area contributed by atoms with Crippen molar-refractivity contribution >= 4 is 0 Å². The molecule has 3 aliphatic rings. The quantitative estimate of drug-likeness (QED) is 0.785. The molecule has 2 unspecified atom stereocenters. The predicted molar refractivity (Wildman–Crippen MR) is 93.7 cm³/mol. The molecule has 5 rings (SSSR count). The minimum Gasteiger partial charge on any atom is -0.508 e. The molecule has 0 radical (unpaired) electrons. The largest absolute Gasteiger partial charge is 0.508 e. The summed E-state index contributed by atoms with van der Waals surface area (Å²) in [6, 6.07) is 12.1. The Hall–Kier alpha value is -2.72. The van der Waals surface area contributed by atoms with Gasteiger partial charge in [-0.25, -0.2) is 0 Å². The van der Waals surface area contributed by atoms with Gasteiger partial charge in [0.1, 0.15) is 5.75 Å². The first-order valence-electron chi connectivity index (χ1n) is 8.05. The third-order valence-electron chi connectivity index (χ3n) is 4.90. The summed E-state index contributed by atoms with van der Waals surface area (Å²) in [4.78, 5) is 0. The Morgan fingerprint density at radius 3 is 2.65 bits per heavy atom. The highest BCUT2D eigenvalue weighted by Gasteiger charge is 2.40. The van der Waals surface area contributed by atoms with Crippen molar-refractivity contribution in [2.45, 2.75) is 25.2 Å². The van der Waals surface area contributed by atoms with E-state index in [1.165, 1.54) is 16.7 Å². The van der Waals surface area contributed by atoms with Crippen LogP contribution >= 0.6 is 0 Å². The van der Waals surface area contributed by atoms with Crippen molar-refractivity contribution in [3.05, 3.63) is 88.0 Å². The number of rotatable bonds is 2. The maximum Gasteiger partial charge on any atom is 0.120 e. The van der Waals surface area contributed by atoms with E-state index < -0.39 is 0 Å². The van der Waals surface area contributed by atoms with E-state index >= 15 is 0 Å². The fourth-order valence-electron chi connectivity index (χ4n) is 3.97. The number of benzene rings is 2. The molecular formula is C22H18O. The number of phenols is 1. The van der Waals surface area contributed by atoms with Crippen LogP contribution in [-0.4, -0.2) is 5.11 Å². The molecule has 0 fully saturated rings. The Morgan fingerprint density at radius 1 is 1.13 bits per heavy atom. The summed E-state index contributed by atoms with van der Waals surface area (Å²) in [7, 11) is 0. The summed E-state index contributed by atoms with van der Waals surface area (Å²) >= 11 is 0. The van der Waals surface area contributed by atoms with E-state index in [9.17, 15) is 5.11 Å². The van der Waals surface area contributed by atoms with Gasteiger partial charge in [0, 0.05) is 23.0 Å². The molecule has 0 aliphatic heterocycles. The lowest BCUT2D eigenvalue weighted by Crippen LogP contribution is -2.25. The molecule has 0 aromatic heterocycles. The topological polar surface area (TPSA) is 20.2 Å². The number of terminal acetylenes is 1. The molecule has 1 nitrogen and oxygen atoms in total. The molecular weight excluding hydrogens is 280 g/mol. The van der Waals surface area contributed by atoms with Crippen LogP contribution in [-0.2, 0) is 0 Å². The third kappa shape index (κ3) is 1.88. The standard InChI is InChI=1S/C22H18O/c1-3-5-8-15-13-18-16-9-6-7-10-17(16)20(15)21-14(4-2)11-12-19(23)22(18)21/h2,5-13,18,20,23H,3H2,1H3/b8-5-. The molecule has 0 saturated heterocycles. The molecule has 0 spiro atoms. The number of phenolic OH excluding ortho intramolecular Hbond substituents is 1. The number of aromatic hydroxyl groups is 1. The molecule has 0 amide bonds. The maximum atomic E-state index is 10.5. The van der Waals surface area contributed by atoms with Crippen LogP contribution < -0.4 is 0 Å². The SMILES string of the molecule is C#Cc1ccc(O)c2c1C1C(/C=C\CC)=CC2c2ccccc21. The van der Waals surface area contributed by atoms with Crippen LogP contribution in [0.5, 0.6) is 5.75 Å². The minimum atomic E-state index is 0.0796. The van der Waals surface area contributed by atoms with E-state index in [0.717, 1.165) is 23.1 Å². The molecule has 1 heteroatoms. The summed E-state index contributed by atoms with van der Waals surface area (Å²) in [6.45, 7) is 2.14. The lowest BCUT2D eigenvalue weighted by atomic mass is 9.63. The van der Waals surface area contributed by atoms with Crippen molar-refractivity contribution in [2.75, 3.05) is 0 Å². The van der Waals surface area contributed by atoms with Crippen molar-refractivity contribution in [3.63, 3.8) is 0 Å². The molecule has 3 aliphatic carbocycles. The predicted octanol–water partition coefficient (Wildman–Crippen LogP) is 4.86. The highest BCUT2D eigenvalue weighted by Crippen LogP contribution is 2.55. The summed E-state index contributed by atoms with van der Waals surface area (Å²) in [6.07, 6.45) is 13.4. The summed E-state index contributed by atoms with van der Waals surface area (Å²) in [5.41, 5.74) is 6.85. The first kappa shape index (κ1) is 13.9. The number of hydrogen-bond acceptors (Lipinski definition) is 1. The van der Waals surface area contributed by atoms with Crippen LogP contribution in [0.25, 0.3) is 0 Å². The molecule has 0 heterocycles. The zero-order valence-corrected chi connectivity index (χ0v) is 13.1. The molecule has 2 aromatic carbocycles. The second-order valence-corrected chi connectivity index (χ2v) is 6.12. The van der Waals surface area contributed by atoms with E-state index in [1.54, 1.807) is 6.07 Å². The Morgan fingerprint density at radius 2 is 1.91 bits per heavy atom. The number of allylic oxidation sites excluding steroid dienone is 4. The van der Waals surface area contributed by atoms with Crippen LogP contribution in [0.4, 0.5) is 0 Å². The van der Waals surface area contributed by atoms with Crippen molar-refractivity contribution in [2.24, 2.45) is 0 Å². The highest BCUT2D eigenvalue weighted by molar-refractivity contribution is 5.70. The van der Waals surface area contributed by atoms with Crippen molar-refractivity contribution in [1.29, 1.82) is 0 Å². The van der Waals surface area contributed by atoms with E-state index in [0.29, 0.717) is 5.75 Å². The summed E-state index contributed by atoms with van der Waals surface area (Å²) in [5.74, 6) is 3.36. The summed E-state index contributed by atoms with van der Waals surface area (Å²) in [5, 5.41) is 10.5. The lowest BCUT2D eigenvalue weighted by molar-refractivity contribution is 0.463. The van der Waals surface area contributed by atoms with E-state index in [1.807, 2.05) is 6.07 Å². The molecule has 1 N–H and O–H groups in total. The Balaban J connectivity index is 2.04. The summed E-state index contributed by atoms with van der Waals surface area (Å²) < 4.78 is 0. The Kier molecular flexibility index (Phi) is 3.13. The van der Waals surface area contributed by atoms with Gasteiger partial charge >= 0.3 is 0 Å². The van der Waals surface area contributed by atoms with Crippen LogP contribution in [0, 0.1) is 12.3 Å². The third-order valence-corrected chi connectivity index (χ3v) is 4.90. The van der Waals surface area contributed by atoms with Gasteiger partial charge in [0.15, 0.2) is 0 Å². The smallest absolute Gasteiger partial charge is 0.120 e. The van der Waals surface area contributed by atoms with Crippen LogP contribution in [0.1, 0.15) is 53.0 Å². The van der Waals surface area contributed by atoms with Gasteiger partial charge in [0.05, 0.1) is 0 Å². The van der Waals surface area contributed by atoms with Gasteiger partial charge in [-0.2, -0.15) is 0 Å². The van der Waals surface area contributed by atoms with Gasteiger partial charge in [-0.3, -0.25) is 0 Å². The van der Waals surface area contributed by atoms with Gasteiger partial charge in [0.2, 0.25) is 0 Å². The molecule has 2 aromatic rings. The van der Waals surface area contributed by atoms with Gasteiger partial charge in [0.25, 0.3) is 0 Å². The molecule has 2 bridgehead atoms. The first-order chi connectivity index (χ1) is 11.3. The van der Waals surface area contributed by atoms with Crippen molar-refractivity contribution < 1.29 is 5.11 Å². The molecule has 112 valence electrons. The fourth-order valence-corrected chi connectivity index (χ4v) is 3.97. The molecule has 23 heavy (non-hydrogen) atoms. The van der Waals surface area contributed by atoms with Crippen molar-refractivity contribution in [1.82, 2.24) is 0 Å². The highest BCUT2D eigenvalue weighted by atomic mass is 16.3. The van der Waals surface area contributed by atoms with Gasteiger partial charge in [-0.15, -0.1) is 6.42 Å². The Labute approximate surface area is 137 Å². The number of hydrogen-bond donors (Lipinski definition) is 1.